The lowest BCUT2D eigenvalue weighted by atomic mass is 10.2. The first kappa shape index (κ1) is 19.1. The molecule has 26 heavy (non-hydrogen) atoms. The minimum atomic E-state index is -4.56. The fourth-order valence-corrected chi connectivity index (χ4v) is 3.76. The molecule has 1 N–H and O–H groups in total. The van der Waals surface area contributed by atoms with Crippen LogP contribution in [0.15, 0.2) is 29.2 Å². The van der Waals surface area contributed by atoms with Crippen molar-refractivity contribution in [3.8, 4) is 0 Å². The lowest BCUT2D eigenvalue weighted by molar-refractivity contribution is -0.141. The van der Waals surface area contributed by atoms with Gasteiger partial charge in [-0.1, -0.05) is 11.6 Å². The maximum Gasteiger partial charge on any atom is 0.435 e. The predicted molar refractivity (Wildman–Crippen MR) is 85.8 cm³/mol. The van der Waals surface area contributed by atoms with Crippen molar-refractivity contribution in [1.29, 1.82) is 0 Å². The van der Waals surface area contributed by atoms with Gasteiger partial charge in [-0.05, 0) is 37.1 Å². The molecule has 0 spiro atoms. The van der Waals surface area contributed by atoms with E-state index >= 15 is 0 Å². The second-order valence-electron chi connectivity index (χ2n) is 5.92. The van der Waals surface area contributed by atoms with Crippen molar-refractivity contribution in [2.75, 3.05) is 6.54 Å². The summed E-state index contributed by atoms with van der Waals surface area (Å²) < 4.78 is 79.4. The summed E-state index contributed by atoms with van der Waals surface area (Å²) in [6.45, 7) is -0.230. The number of nitrogens with zero attached hydrogens (tertiary/aromatic N) is 2. The van der Waals surface area contributed by atoms with E-state index in [0.717, 1.165) is 37.1 Å². The molecular formula is C15H14ClF4N3O2S. The SMILES string of the molecule is O=S(=O)(NCCn1nc(C(F)(F)F)cc1C1CC1)c1ccc(F)c(Cl)c1. The monoisotopic (exact) mass is 411 g/mol. The molecule has 1 heterocycles. The van der Waals surface area contributed by atoms with Crippen LogP contribution in [0.4, 0.5) is 17.6 Å². The first-order valence-electron chi connectivity index (χ1n) is 7.67. The van der Waals surface area contributed by atoms with Gasteiger partial charge in [-0.2, -0.15) is 18.3 Å². The molecule has 1 fully saturated rings. The Labute approximate surface area is 152 Å². The topological polar surface area (TPSA) is 64.0 Å². The van der Waals surface area contributed by atoms with Crippen molar-refractivity contribution < 1.29 is 26.0 Å². The van der Waals surface area contributed by atoms with Gasteiger partial charge in [-0.15, -0.1) is 0 Å². The van der Waals surface area contributed by atoms with Crippen LogP contribution in [0, 0.1) is 5.82 Å². The number of nitrogens with one attached hydrogen (secondary N) is 1. The van der Waals surface area contributed by atoms with Crippen LogP contribution < -0.4 is 4.72 Å². The summed E-state index contributed by atoms with van der Waals surface area (Å²) in [5.74, 6) is -0.734. The minimum Gasteiger partial charge on any atom is -0.267 e. The molecule has 1 aliphatic rings. The van der Waals surface area contributed by atoms with Gasteiger partial charge in [-0.3, -0.25) is 4.68 Å². The predicted octanol–water partition coefficient (Wildman–Crippen LogP) is 3.55. The van der Waals surface area contributed by atoms with Crippen LogP contribution in [0.5, 0.6) is 0 Å². The molecule has 1 saturated carbocycles. The van der Waals surface area contributed by atoms with Gasteiger partial charge in [0.25, 0.3) is 0 Å². The smallest absolute Gasteiger partial charge is 0.267 e. The Morgan fingerprint density at radius 1 is 1.27 bits per heavy atom. The van der Waals surface area contributed by atoms with Gasteiger partial charge in [-0.25, -0.2) is 17.5 Å². The van der Waals surface area contributed by atoms with Gasteiger partial charge in [0.1, 0.15) is 5.82 Å². The molecule has 0 radical (unpaired) electrons. The van der Waals surface area contributed by atoms with E-state index in [1.54, 1.807) is 0 Å². The van der Waals surface area contributed by atoms with Crippen molar-refractivity contribution in [3.63, 3.8) is 0 Å². The Morgan fingerprint density at radius 2 is 1.96 bits per heavy atom. The number of hydrogen-bond acceptors (Lipinski definition) is 3. The van der Waals surface area contributed by atoms with E-state index in [1.165, 1.54) is 4.68 Å². The summed E-state index contributed by atoms with van der Waals surface area (Å²) in [7, 11) is -3.97. The van der Waals surface area contributed by atoms with Crippen LogP contribution in [0.2, 0.25) is 5.02 Å². The van der Waals surface area contributed by atoms with Crippen LogP contribution >= 0.6 is 11.6 Å². The first-order valence-corrected chi connectivity index (χ1v) is 9.54. The van der Waals surface area contributed by atoms with Gasteiger partial charge in [0.2, 0.25) is 10.0 Å². The fraction of sp³-hybridized carbons (Fsp3) is 0.400. The molecule has 0 unspecified atom stereocenters. The van der Waals surface area contributed by atoms with E-state index < -0.39 is 27.7 Å². The number of rotatable bonds is 6. The molecular weight excluding hydrogens is 398 g/mol. The lowest BCUT2D eigenvalue weighted by Crippen LogP contribution is -2.28. The summed E-state index contributed by atoms with van der Waals surface area (Å²) in [6, 6.07) is 3.94. The Hall–Kier alpha value is -1.65. The summed E-state index contributed by atoms with van der Waals surface area (Å²) in [5, 5.41) is 3.21. The van der Waals surface area contributed by atoms with E-state index in [4.69, 9.17) is 11.6 Å². The molecule has 1 aromatic carbocycles. The van der Waals surface area contributed by atoms with Crippen molar-refractivity contribution in [2.45, 2.75) is 36.4 Å². The number of benzene rings is 1. The van der Waals surface area contributed by atoms with Crippen LogP contribution in [-0.2, 0) is 22.7 Å². The number of alkyl halides is 3. The Balaban J connectivity index is 1.71. The number of aromatic nitrogens is 2. The highest BCUT2D eigenvalue weighted by molar-refractivity contribution is 7.89. The molecule has 1 aliphatic carbocycles. The van der Waals surface area contributed by atoms with Gasteiger partial charge in [0, 0.05) is 18.2 Å². The van der Waals surface area contributed by atoms with Crippen molar-refractivity contribution in [3.05, 3.63) is 46.5 Å². The molecule has 2 aromatic rings. The fourth-order valence-electron chi connectivity index (χ4n) is 2.47. The van der Waals surface area contributed by atoms with Crippen molar-refractivity contribution in [1.82, 2.24) is 14.5 Å². The average molecular weight is 412 g/mol. The van der Waals surface area contributed by atoms with Crippen molar-refractivity contribution in [2.24, 2.45) is 0 Å². The van der Waals surface area contributed by atoms with Crippen LogP contribution in [0.25, 0.3) is 0 Å². The van der Waals surface area contributed by atoms with E-state index in [2.05, 4.69) is 9.82 Å². The van der Waals surface area contributed by atoms with Crippen LogP contribution in [-0.4, -0.2) is 24.7 Å². The third-order valence-corrected chi connectivity index (χ3v) is 5.66. The maximum atomic E-state index is 13.1. The summed E-state index contributed by atoms with van der Waals surface area (Å²) in [4.78, 5) is -0.234. The molecule has 0 bridgehead atoms. The van der Waals surface area contributed by atoms with Crippen molar-refractivity contribution >= 4 is 21.6 Å². The Morgan fingerprint density at radius 3 is 2.54 bits per heavy atom. The molecule has 11 heteroatoms. The zero-order valence-electron chi connectivity index (χ0n) is 13.2. The van der Waals surface area contributed by atoms with E-state index in [0.29, 0.717) is 5.69 Å². The van der Waals surface area contributed by atoms with Gasteiger partial charge >= 0.3 is 6.18 Å². The first-order chi connectivity index (χ1) is 12.1. The lowest BCUT2D eigenvalue weighted by Gasteiger charge is -2.09. The van der Waals surface area contributed by atoms with E-state index in [1.807, 2.05) is 0 Å². The summed E-state index contributed by atoms with van der Waals surface area (Å²) in [6.07, 6.45) is -3.00. The van der Waals surface area contributed by atoms with E-state index in [9.17, 15) is 26.0 Å². The molecule has 1 aromatic heterocycles. The molecule has 5 nitrogen and oxygen atoms in total. The Kier molecular flexibility index (Phi) is 5.02. The zero-order chi connectivity index (χ0) is 19.1. The number of sulfonamides is 1. The molecule has 0 saturated heterocycles. The summed E-state index contributed by atoms with van der Waals surface area (Å²) in [5.41, 5.74) is -0.547. The number of halogens is 5. The molecule has 0 atom stereocenters. The molecule has 0 aliphatic heterocycles. The highest BCUT2D eigenvalue weighted by atomic mass is 35.5. The average Bonchev–Trinajstić information content (AvgIpc) is 3.29. The quantitative estimate of drug-likeness (QED) is 0.739. The second kappa shape index (κ2) is 6.82. The molecule has 142 valence electrons. The normalized spacial score (nSPS) is 15.4. The third-order valence-electron chi connectivity index (χ3n) is 3.91. The highest BCUT2D eigenvalue weighted by Crippen LogP contribution is 2.42. The van der Waals surface area contributed by atoms with Gasteiger partial charge in [0.05, 0.1) is 16.5 Å². The standard InChI is InChI=1S/C15H14ClF4N3O2S/c16-11-7-10(3-4-12(11)17)26(24,25)21-5-6-23-13(9-1-2-9)8-14(22-23)15(18,19)20/h3-4,7-9,21H,1-2,5-6H2. The number of hydrogen-bond donors (Lipinski definition) is 1. The third kappa shape index (κ3) is 4.18. The van der Waals surface area contributed by atoms with E-state index in [-0.39, 0.29) is 28.9 Å². The Bertz CT molecular complexity index is 923. The molecule has 0 amide bonds. The second-order valence-corrected chi connectivity index (χ2v) is 8.10. The van der Waals surface area contributed by atoms with Gasteiger partial charge < -0.3 is 0 Å². The molecule has 3 rings (SSSR count). The summed E-state index contributed by atoms with van der Waals surface area (Å²) >= 11 is 5.57. The van der Waals surface area contributed by atoms with Crippen LogP contribution in [0.1, 0.15) is 30.1 Å². The largest absolute Gasteiger partial charge is 0.435 e. The zero-order valence-corrected chi connectivity index (χ0v) is 14.8. The minimum absolute atomic E-state index is 0.0195. The highest BCUT2D eigenvalue weighted by Gasteiger charge is 2.37. The maximum absolute atomic E-state index is 13.1. The van der Waals surface area contributed by atoms with Crippen LogP contribution in [0.3, 0.4) is 0 Å². The van der Waals surface area contributed by atoms with Gasteiger partial charge in [0.15, 0.2) is 5.69 Å².